The van der Waals surface area contributed by atoms with Crippen molar-refractivity contribution in [1.82, 2.24) is 20.0 Å². The van der Waals surface area contributed by atoms with Gasteiger partial charge in [-0.1, -0.05) is 54.6 Å². The maximum Gasteiger partial charge on any atom is 0.123 e. The molecule has 7 nitrogen and oxygen atoms in total. The monoisotopic (exact) mass is 532 g/mol. The third-order valence-corrected chi connectivity index (χ3v) is 7.30. The molecule has 2 atom stereocenters. The van der Waals surface area contributed by atoms with E-state index in [0.29, 0.717) is 34.2 Å². The molecule has 200 valence electrons. The summed E-state index contributed by atoms with van der Waals surface area (Å²) in [5.41, 5.74) is 5.47. The van der Waals surface area contributed by atoms with Crippen molar-refractivity contribution in [2.75, 3.05) is 10.6 Å². The second-order valence-corrected chi connectivity index (χ2v) is 10.2. The zero-order valence-corrected chi connectivity index (χ0v) is 22.4. The first kappa shape index (κ1) is 24.3. The average molecular weight is 533 g/mol. The van der Waals surface area contributed by atoms with Gasteiger partial charge in [-0.15, -0.1) is 5.10 Å². The Bertz CT molecular complexity index is 1740. The summed E-state index contributed by atoms with van der Waals surface area (Å²) in [6, 6.07) is 20.9. The summed E-state index contributed by atoms with van der Waals surface area (Å²) in [5.74, 6) is -0.381. The molecule has 1 aliphatic carbocycles. The largest absolute Gasteiger partial charge is 0.377 e. The van der Waals surface area contributed by atoms with Crippen LogP contribution in [0.25, 0.3) is 10.9 Å². The highest BCUT2D eigenvalue weighted by Gasteiger charge is 2.27. The maximum atomic E-state index is 13.9. The van der Waals surface area contributed by atoms with E-state index in [9.17, 15) is 11.0 Å². The molecule has 2 aromatic heterocycles. The highest BCUT2D eigenvalue weighted by molar-refractivity contribution is 5.98. The number of hydrogen-bond donors (Lipinski definition) is 2. The molecule has 0 saturated heterocycles. The van der Waals surface area contributed by atoms with Crippen LogP contribution in [-0.2, 0) is 0 Å². The number of hydrogen-bond acceptors (Lipinski definition) is 6. The van der Waals surface area contributed by atoms with Crippen molar-refractivity contribution >= 4 is 22.3 Å². The SMILES string of the molecule is [2H][C@](Nc1cc(C)c2ncc(C#N)c(N[C@H](CC)c3ccccc3)c2c1)(c1ccc(F)cc1)c1cn(C2CC2)nn1. The highest BCUT2D eigenvalue weighted by atomic mass is 19.1. The smallest absolute Gasteiger partial charge is 0.123 e. The highest BCUT2D eigenvalue weighted by Crippen LogP contribution is 2.37. The molecular formula is C32H30FN7. The predicted molar refractivity (Wildman–Crippen MR) is 154 cm³/mol. The van der Waals surface area contributed by atoms with Crippen molar-refractivity contribution in [2.24, 2.45) is 0 Å². The Morgan fingerprint density at radius 1 is 1.10 bits per heavy atom. The Labute approximate surface area is 234 Å². The van der Waals surface area contributed by atoms with E-state index in [1.54, 1.807) is 29.2 Å². The van der Waals surface area contributed by atoms with E-state index in [1.807, 2.05) is 37.3 Å². The normalized spacial score (nSPS) is 15.6. The van der Waals surface area contributed by atoms with Crippen LogP contribution in [-0.4, -0.2) is 20.0 Å². The maximum absolute atomic E-state index is 13.9. The number of halogens is 1. The Morgan fingerprint density at radius 2 is 1.88 bits per heavy atom. The van der Waals surface area contributed by atoms with Crippen LogP contribution in [0.4, 0.5) is 15.8 Å². The molecule has 1 saturated carbocycles. The Morgan fingerprint density at radius 3 is 2.58 bits per heavy atom. The summed E-state index contributed by atoms with van der Waals surface area (Å²) < 4.78 is 25.3. The molecule has 5 aromatic rings. The molecule has 0 amide bonds. The molecule has 1 aliphatic rings. The van der Waals surface area contributed by atoms with Crippen molar-refractivity contribution in [1.29, 1.82) is 5.26 Å². The van der Waals surface area contributed by atoms with E-state index in [4.69, 9.17) is 0 Å². The molecule has 40 heavy (non-hydrogen) atoms. The lowest BCUT2D eigenvalue weighted by Gasteiger charge is -2.23. The first-order chi connectivity index (χ1) is 19.9. The van der Waals surface area contributed by atoms with Crippen molar-refractivity contribution in [3.05, 3.63) is 113 Å². The van der Waals surface area contributed by atoms with E-state index in [2.05, 4.69) is 51.1 Å². The van der Waals surface area contributed by atoms with Crippen LogP contribution in [0.15, 0.2) is 79.1 Å². The Kier molecular flexibility index (Phi) is 6.54. The third-order valence-electron chi connectivity index (χ3n) is 7.30. The first-order valence-corrected chi connectivity index (χ1v) is 13.5. The number of benzene rings is 3. The van der Waals surface area contributed by atoms with Crippen LogP contribution in [0.5, 0.6) is 0 Å². The molecule has 2 heterocycles. The van der Waals surface area contributed by atoms with Gasteiger partial charge in [0.25, 0.3) is 0 Å². The van der Waals surface area contributed by atoms with Crippen LogP contribution in [0.2, 0.25) is 0 Å². The zero-order valence-electron chi connectivity index (χ0n) is 23.4. The predicted octanol–water partition coefficient (Wildman–Crippen LogP) is 7.25. The first-order valence-electron chi connectivity index (χ1n) is 14.0. The fourth-order valence-electron chi connectivity index (χ4n) is 5.03. The number of aryl methyl sites for hydroxylation is 1. The quantitative estimate of drug-likeness (QED) is 0.208. The van der Waals surface area contributed by atoms with Gasteiger partial charge in [0.1, 0.15) is 17.6 Å². The third kappa shape index (κ3) is 5.10. The van der Waals surface area contributed by atoms with E-state index in [0.717, 1.165) is 41.3 Å². The number of fused-ring (bicyclic) bond motifs is 1. The van der Waals surface area contributed by atoms with Crippen molar-refractivity contribution in [2.45, 2.75) is 51.2 Å². The fourth-order valence-corrected chi connectivity index (χ4v) is 5.03. The van der Waals surface area contributed by atoms with Crippen molar-refractivity contribution in [3.63, 3.8) is 0 Å². The molecular weight excluding hydrogens is 501 g/mol. The molecule has 3 aromatic carbocycles. The van der Waals surface area contributed by atoms with Gasteiger partial charge >= 0.3 is 0 Å². The lowest BCUT2D eigenvalue weighted by molar-refractivity contribution is 0.610. The van der Waals surface area contributed by atoms with Gasteiger partial charge in [0.2, 0.25) is 0 Å². The Balaban J connectivity index is 1.46. The second kappa shape index (κ2) is 10.8. The standard InChI is InChI=1S/C32H30FN7/c1-3-28(21-7-5-4-6-8-21)37-31-23(17-34)18-35-30-20(2)15-25(16-27(30)31)36-32(22-9-11-24(33)12-10-22)29-19-40(39-38-29)26-13-14-26/h4-12,15-16,18-19,26,28,32,36H,3,13-14H2,1-2H3,(H,35,37)/t28-,32+/m1/s1/i32D. The molecule has 0 radical (unpaired) electrons. The van der Waals surface area contributed by atoms with Crippen molar-refractivity contribution in [3.8, 4) is 6.07 Å². The topological polar surface area (TPSA) is 91.5 Å². The minimum absolute atomic E-state index is 0.0160. The van der Waals surface area contributed by atoms with Gasteiger partial charge in [0.15, 0.2) is 0 Å². The average Bonchev–Trinajstić information content (AvgIpc) is 3.72. The Hall–Kier alpha value is -4.77. The summed E-state index contributed by atoms with van der Waals surface area (Å²) >= 11 is 0. The van der Waals surface area contributed by atoms with Crippen LogP contribution < -0.4 is 10.6 Å². The molecule has 2 N–H and O–H groups in total. The number of nitrogens with zero attached hydrogens (tertiary/aromatic N) is 5. The molecule has 0 aliphatic heterocycles. The van der Waals surface area contributed by atoms with E-state index in [1.165, 1.54) is 12.1 Å². The lowest BCUT2D eigenvalue weighted by Crippen LogP contribution is -2.14. The van der Waals surface area contributed by atoms with Crippen LogP contribution in [0, 0.1) is 24.1 Å². The number of nitrogens with one attached hydrogen (secondary N) is 2. The number of aromatic nitrogens is 4. The van der Waals surface area contributed by atoms with Crippen LogP contribution in [0.3, 0.4) is 0 Å². The number of pyridine rings is 1. The van der Waals surface area contributed by atoms with Crippen LogP contribution >= 0.6 is 0 Å². The summed E-state index contributed by atoms with van der Waals surface area (Å²) in [6.07, 6.45) is 6.28. The van der Waals surface area contributed by atoms with Gasteiger partial charge in [-0.25, -0.2) is 9.07 Å². The molecule has 0 unspecified atom stereocenters. The minimum atomic E-state index is -1.55. The van der Waals surface area contributed by atoms with E-state index in [-0.39, 0.29) is 11.9 Å². The molecule has 6 rings (SSSR count). The second-order valence-electron chi connectivity index (χ2n) is 10.2. The molecule has 8 heteroatoms. The summed E-state index contributed by atoms with van der Waals surface area (Å²) in [4.78, 5) is 4.61. The van der Waals surface area contributed by atoms with Crippen molar-refractivity contribution < 1.29 is 5.76 Å². The molecule has 1 fully saturated rings. The van der Waals surface area contributed by atoms with Gasteiger partial charge in [-0.3, -0.25) is 4.98 Å². The summed E-state index contributed by atoms with van der Waals surface area (Å²) in [6.45, 7) is 4.06. The number of anilines is 2. The zero-order chi connectivity index (χ0) is 28.6. The van der Waals surface area contributed by atoms with Gasteiger partial charge in [-0.2, -0.15) is 5.26 Å². The molecule has 0 bridgehead atoms. The summed E-state index contributed by atoms with van der Waals surface area (Å²) in [5, 5.41) is 26.4. The van der Waals surface area contributed by atoms with Gasteiger partial charge < -0.3 is 10.6 Å². The van der Waals surface area contributed by atoms with Gasteiger partial charge in [-0.05, 0) is 67.1 Å². The molecule has 0 spiro atoms. The van der Waals surface area contributed by atoms with Gasteiger partial charge in [0.05, 0.1) is 42.4 Å². The van der Waals surface area contributed by atoms with Gasteiger partial charge in [0, 0.05) is 17.3 Å². The van der Waals surface area contributed by atoms with E-state index < -0.39 is 6.02 Å². The van der Waals surface area contributed by atoms with Crippen LogP contribution in [0.1, 0.15) is 73.6 Å². The lowest BCUT2D eigenvalue weighted by atomic mass is 10.00. The number of nitriles is 1. The van der Waals surface area contributed by atoms with E-state index >= 15 is 0 Å². The summed E-state index contributed by atoms with van der Waals surface area (Å²) in [7, 11) is 0. The fraction of sp³-hybridized carbons (Fsp3) is 0.250. The minimum Gasteiger partial charge on any atom is -0.377 e. The number of rotatable bonds is 9.